The van der Waals surface area contributed by atoms with Gasteiger partial charge in [0.05, 0.1) is 12.5 Å². The van der Waals surface area contributed by atoms with E-state index in [2.05, 4.69) is 45.4 Å². The van der Waals surface area contributed by atoms with Gasteiger partial charge in [-0.3, -0.25) is 0 Å². The molecule has 2 heterocycles. The zero-order valence-corrected chi connectivity index (χ0v) is 14.7. The van der Waals surface area contributed by atoms with Gasteiger partial charge in [-0.05, 0) is 48.4 Å². The molecule has 0 amide bonds. The van der Waals surface area contributed by atoms with Crippen LogP contribution in [0, 0.1) is 0 Å². The number of hydrogen-bond donors (Lipinski definition) is 2. The summed E-state index contributed by atoms with van der Waals surface area (Å²) in [6.45, 7) is 2.13. The number of ether oxygens (including phenoxy) is 1. The highest BCUT2D eigenvalue weighted by Gasteiger charge is 2.12. The second-order valence-electron chi connectivity index (χ2n) is 6.17. The fraction of sp³-hybridized carbons (Fsp3) is 0.143. The Morgan fingerprint density at radius 3 is 2.50 bits per heavy atom. The average Bonchev–Trinajstić information content (AvgIpc) is 3.14. The summed E-state index contributed by atoms with van der Waals surface area (Å²) in [4.78, 5) is 12.2. The number of benzene rings is 2. The Morgan fingerprint density at radius 1 is 1.00 bits per heavy atom. The van der Waals surface area contributed by atoms with Crippen molar-refractivity contribution in [3.05, 3.63) is 72.6 Å². The molecule has 0 aliphatic carbocycles. The first-order valence-corrected chi connectivity index (χ1v) is 8.54. The maximum Gasteiger partial charge on any atom is 0.143 e. The molecule has 5 nitrogen and oxygen atoms in total. The monoisotopic (exact) mass is 344 g/mol. The second kappa shape index (κ2) is 6.88. The van der Waals surface area contributed by atoms with Gasteiger partial charge in [0.25, 0.3) is 0 Å². The molecule has 0 saturated heterocycles. The first-order chi connectivity index (χ1) is 12.7. The minimum Gasteiger partial charge on any atom is -0.497 e. The van der Waals surface area contributed by atoms with Crippen LogP contribution in [-0.2, 0) is 0 Å². The van der Waals surface area contributed by atoms with Crippen LogP contribution in [0.5, 0.6) is 5.75 Å². The molecule has 0 aliphatic heterocycles. The molecule has 0 fully saturated rings. The molecule has 2 aromatic carbocycles. The molecule has 0 spiro atoms. The maximum atomic E-state index is 5.23. The maximum absolute atomic E-state index is 5.23. The molecule has 5 heteroatoms. The fourth-order valence-corrected chi connectivity index (χ4v) is 3.01. The summed E-state index contributed by atoms with van der Waals surface area (Å²) in [6.07, 6.45) is 1.58. The molecule has 26 heavy (non-hydrogen) atoms. The lowest BCUT2D eigenvalue weighted by Gasteiger charge is -2.15. The van der Waals surface area contributed by atoms with Crippen LogP contribution < -0.4 is 10.1 Å². The third-order valence-corrected chi connectivity index (χ3v) is 4.48. The van der Waals surface area contributed by atoms with E-state index in [4.69, 9.17) is 4.74 Å². The van der Waals surface area contributed by atoms with E-state index in [0.717, 1.165) is 33.9 Å². The van der Waals surface area contributed by atoms with Gasteiger partial charge in [0.2, 0.25) is 0 Å². The number of nitrogens with one attached hydrogen (secondary N) is 2. The normalized spacial score (nSPS) is 12.1. The molecule has 130 valence electrons. The van der Waals surface area contributed by atoms with E-state index in [1.807, 2.05) is 42.5 Å². The quantitative estimate of drug-likeness (QED) is 0.545. The second-order valence-corrected chi connectivity index (χ2v) is 6.17. The topological polar surface area (TPSA) is 62.8 Å². The lowest BCUT2D eigenvalue weighted by Crippen LogP contribution is -2.08. The Kier molecular flexibility index (Phi) is 4.27. The van der Waals surface area contributed by atoms with Gasteiger partial charge in [-0.2, -0.15) is 0 Å². The van der Waals surface area contributed by atoms with Crippen molar-refractivity contribution in [1.82, 2.24) is 15.0 Å². The first-order valence-electron chi connectivity index (χ1n) is 8.54. The summed E-state index contributed by atoms with van der Waals surface area (Å²) in [5, 5.41) is 4.47. The summed E-state index contributed by atoms with van der Waals surface area (Å²) in [6, 6.07) is 20.5. The SMILES string of the molecule is COc1ccc(-c2cc3c(N[C@@H](C)c4ccccc4)ncnc3[nH]2)cc1. The zero-order chi connectivity index (χ0) is 17.9. The number of fused-ring (bicyclic) bond motifs is 1. The molecule has 2 N–H and O–H groups in total. The third kappa shape index (κ3) is 3.11. The molecule has 0 saturated carbocycles. The van der Waals surface area contributed by atoms with Crippen LogP contribution in [0.1, 0.15) is 18.5 Å². The van der Waals surface area contributed by atoms with E-state index >= 15 is 0 Å². The van der Waals surface area contributed by atoms with Crippen LogP contribution in [0.3, 0.4) is 0 Å². The Hall–Kier alpha value is -3.34. The molecule has 4 aromatic rings. The Morgan fingerprint density at radius 2 is 1.77 bits per heavy atom. The Bertz CT molecular complexity index is 1010. The van der Waals surface area contributed by atoms with Crippen molar-refractivity contribution in [3.8, 4) is 17.0 Å². The van der Waals surface area contributed by atoms with Crippen molar-refractivity contribution in [1.29, 1.82) is 0 Å². The standard InChI is InChI=1S/C21H20N4O/c1-14(15-6-4-3-5-7-15)24-20-18-12-19(25-21(18)23-13-22-20)16-8-10-17(26-2)11-9-16/h3-14H,1-2H3,(H2,22,23,24,25)/t14-/m0/s1. The van der Waals surface area contributed by atoms with Crippen molar-refractivity contribution in [2.24, 2.45) is 0 Å². The van der Waals surface area contributed by atoms with Crippen LogP contribution in [0.2, 0.25) is 0 Å². The fourth-order valence-electron chi connectivity index (χ4n) is 3.01. The number of methoxy groups -OCH3 is 1. The number of aromatic amines is 1. The number of nitrogens with zero attached hydrogens (tertiary/aromatic N) is 2. The molecule has 0 aliphatic rings. The lowest BCUT2D eigenvalue weighted by atomic mass is 10.1. The largest absolute Gasteiger partial charge is 0.497 e. The zero-order valence-electron chi connectivity index (χ0n) is 14.7. The number of anilines is 1. The molecule has 0 unspecified atom stereocenters. The summed E-state index contributed by atoms with van der Waals surface area (Å²) in [5.41, 5.74) is 4.10. The highest BCUT2D eigenvalue weighted by molar-refractivity contribution is 5.91. The molecular formula is C21H20N4O. The molecule has 0 bridgehead atoms. The van der Waals surface area contributed by atoms with Gasteiger partial charge in [0.15, 0.2) is 0 Å². The third-order valence-electron chi connectivity index (χ3n) is 4.48. The van der Waals surface area contributed by atoms with Crippen molar-refractivity contribution >= 4 is 16.9 Å². The van der Waals surface area contributed by atoms with Gasteiger partial charge >= 0.3 is 0 Å². The van der Waals surface area contributed by atoms with E-state index in [-0.39, 0.29) is 6.04 Å². The minimum absolute atomic E-state index is 0.147. The Balaban J connectivity index is 1.67. The van der Waals surface area contributed by atoms with Crippen molar-refractivity contribution in [2.75, 3.05) is 12.4 Å². The molecule has 0 radical (unpaired) electrons. The van der Waals surface area contributed by atoms with Gasteiger partial charge in [-0.15, -0.1) is 0 Å². The molecule has 2 aromatic heterocycles. The number of aromatic nitrogens is 3. The van der Waals surface area contributed by atoms with Crippen LogP contribution >= 0.6 is 0 Å². The number of hydrogen-bond acceptors (Lipinski definition) is 4. The van der Waals surface area contributed by atoms with Gasteiger partial charge < -0.3 is 15.0 Å². The summed E-state index contributed by atoms with van der Waals surface area (Å²) in [5.74, 6) is 1.66. The first kappa shape index (κ1) is 16.1. The molecule has 4 rings (SSSR count). The summed E-state index contributed by atoms with van der Waals surface area (Å²) < 4.78 is 5.23. The van der Waals surface area contributed by atoms with Crippen LogP contribution in [-0.4, -0.2) is 22.1 Å². The molecule has 1 atom stereocenters. The van der Waals surface area contributed by atoms with Crippen molar-refractivity contribution in [2.45, 2.75) is 13.0 Å². The van der Waals surface area contributed by atoms with E-state index in [1.54, 1.807) is 13.4 Å². The predicted octanol–water partition coefficient (Wildman–Crippen LogP) is 4.81. The molecular weight excluding hydrogens is 324 g/mol. The van der Waals surface area contributed by atoms with E-state index < -0.39 is 0 Å². The van der Waals surface area contributed by atoms with Crippen LogP contribution in [0.25, 0.3) is 22.3 Å². The van der Waals surface area contributed by atoms with Crippen molar-refractivity contribution < 1.29 is 4.74 Å². The highest BCUT2D eigenvalue weighted by atomic mass is 16.5. The van der Waals surface area contributed by atoms with E-state index in [1.165, 1.54) is 5.56 Å². The van der Waals surface area contributed by atoms with Crippen molar-refractivity contribution in [3.63, 3.8) is 0 Å². The van der Waals surface area contributed by atoms with Crippen LogP contribution in [0.15, 0.2) is 67.0 Å². The number of H-pyrrole nitrogens is 1. The lowest BCUT2D eigenvalue weighted by molar-refractivity contribution is 0.415. The van der Waals surface area contributed by atoms with Gasteiger partial charge in [0, 0.05) is 11.7 Å². The van der Waals surface area contributed by atoms with E-state index in [0.29, 0.717) is 0 Å². The predicted molar refractivity (Wildman–Crippen MR) is 104 cm³/mol. The van der Waals surface area contributed by atoms with Crippen LogP contribution in [0.4, 0.5) is 5.82 Å². The average molecular weight is 344 g/mol. The summed E-state index contributed by atoms with van der Waals surface area (Å²) >= 11 is 0. The summed E-state index contributed by atoms with van der Waals surface area (Å²) in [7, 11) is 1.67. The Labute approximate surface area is 152 Å². The van der Waals surface area contributed by atoms with Gasteiger partial charge in [-0.25, -0.2) is 9.97 Å². The van der Waals surface area contributed by atoms with Gasteiger partial charge in [0.1, 0.15) is 23.5 Å². The highest BCUT2D eigenvalue weighted by Crippen LogP contribution is 2.29. The van der Waals surface area contributed by atoms with Gasteiger partial charge in [-0.1, -0.05) is 30.3 Å². The van der Waals surface area contributed by atoms with E-state index in [9.17, 15) is 0 Å². The minimum atomic E-state index is 0.147. The number of rotatable bonds is 5. The smallest absolute Gasteiger partial charge is 0.143 e.